The molecule has 2 amide bonds. The largest absolute Gasteiger partial charge is 0.366 e. The normalized spacial score (nSPS) is 10.2. The summed E-state index contributed by atoms with van der Waals surface area (Å²) in [5.74, 6) is -3.06. The fourth-order valence-corrected chi connectivity index (χ4v) is 2.33. The number of benzene rings is 2. The van der Waals surface area contributed by atoms with Crippen LogP contribution in [0.1, 0.15) is 31.1 Å². The van der Waals surface area contributed by atoms with Gasteiger partial charge in [0.1, 0.15) is 0 Å². The van der Waals surface area contributed by atoms with Crippen LogP contribution in [-0.2, 0) is 4.84 Å². The number of hydrogen-bond acceptors (Lipinski definition) is 5. The maximum atomic E-state index is 13.1. The fraction of sp³-hybridized carbons (Fsp3) is 0. The van der Waals surface area contributed by atoms with E-state index in [-0.39, 0.29) is 22.4 Å². The van der Waals surface area contributed by atoms with Crippen LogP contribution in [0, 0.1) is 5.95 Å². The van der Waals surface area contributed by atoms with Gasteiger partial charge in [-0.1, -0.05) is 24.3 Å². The molecule has 0 aliphatic carbocycles. The highest BCUT2D eigenvalue weighted by atomic mass is 19.1. The van der Waals surface area contributed by atoms with Gasteiger partial charge in [0.05, 0.1) is 16.8 Å². The van der Waals surface area contributed by atoms with Crippen molar-refractivity contribution in [2.75, 3.05) is 5.06 Å². The van der Waals surface area contributed by atoms with Crippen molar-refractivity contribution in [2.24, 2.45) is 5.73 Å². The van der Waals surface area contributed by atoms with E-state index in [0.29, 0.717) is 5.06 Å². The summed E-state index contributed by atoms with van der Waals surface area (Å²) in [6.45, 7) is 0. The van der Waals surface area contributed by atoms with Crippen LogP contribution < -0.4 is 10.8 Å². The Bertz CT molecular complexity index is 1020. The number of nitrogens with zero attached hydrogens (tertiary/aromatic N) is 2. The highest BCUT2D eigenvalue weighted by Gasteiger charge is 2.24. The topological polar surface area (TPSA) is 103 Å². The summed E-state index contributed by atoms with van der Waals surface area (Å²) in [5, 5.41) is 0.705. The molecule has 8 heteroatoms. The van der Waals surface area contributed by atoms with E-state index >= 15 is 0 Å². The van der Waals surface area contributed by atoms with E-state index in [1.165, 1.54) is 42.5 Å². The molecule has 0 bridgehead atoms. The standard InChI is InChI=1S/C20H14FN3O4/c21-17-10-9-15(12-23-17)19(26)24(16-8-4-7-14(11-16)18(22)25)28-20(27)13-5-2-1-3-6-13/h1-12H,(H2,22,25). The van der Waals surface area contributed by atoms with Crippen molar-refractivity contribution in [3.63, 3.8) is 0 Å². The van der Waals surface area contributed by atoms with Crippen LogP contribution in [0.5, 0.6) is 0 Å². The van der Waals surface area contributed by atoms with E-state index in [4.69, 9.17) is 10.6 Å². The first kappa shape index (κ1) is 18.7. The minimum atomic E-state index is -0.798. The zero-order chi connectivity index (χ0) is 20.1. The lowest BCUT2D eigenvalue weighted by atomic mass is 10.2. The van der Waals surface area contributed by atoms with Crippen molar-refractivity contribution >= 4 is 23.5 Å². The summed E-state index contributed by atoms with van der Waals surface area (Å²) in [7, 11) is 0. The monoisotopic (exact) mass is 379 g/mol. The molecule has 0 saturated carbocycles. The molecule has 0 atom stereocenters. The molecule has 3 aromatic rings. The van der Waals surface area contributed by atoms with E-state index in [1.807, 2.05) is 0 Å². The van der Waals surface area contributed by atoms with E-state index in [9.17, 15) is 18.8 Å². The van der Waals surface area contributed by atoms with Gasteiger partial charge in [0.2, 0.25) is 11.9 Å². The number of hydrogen-bond donors (Lipinski definition) is 1. The molecule has 0 aliphatic rings. The number of primary amides is 1. The quantitative estimate of drug-likeness (QED) is 0.555. The van der Waals surface area contributed by atoms with Crippen molar-refractivity contribution in [3.8, 4) is 0 Å². The predicted molar refractivity (Wildman–Crippen MR) is 97.8 cm³/mol. The Morgan fingerprint density at radius 3 is 2.25 bits per heavy atom. The molecule has 2 aromatic carbocycles. The molecule has 0 unspecified atom stereocenters. The van der Waals surface area contributed by atoms with E-state index < -0.39 is 23.7 Å². The van der Waals surface area contributed by atoms with Crippen molar-refractivity contribution in [3.05, 3.63) is 95.6 Å². The second-order valence-corrected chi connectivity index (χ2v) is 5.63. The number of carbonyl (C=O) groups is 3. The summed E-state index contributed by atoms with van der Waals surface area (Å²) in [6, 6.07) is 15.9. The number of anilines is 1. The van der Waals surface area contributed by atoms with Crippen LogP contribution in [0.2, 0.25) is 0 Å². The molecule has 0 aliphatic heterocycles. The molecule has 28 heavy (non-hydrogen) atoms. The first-order valence-corrected chi connectivity index (χ1v) is 8.09. The second kappa shape index (κ2) is 8.09. The van der Waals surface area contributed by atoms with Crippen molar-refractivity contribution in [1.29, 1.82) is 0 Å². The molecule has 0 radical (unpaired) electrons. The summed E-state index contributed by atoms with van der Waals surface area (Å²) < 4.78 is 13.1. The van der Waals surface area contributed by atoms with Gasteiger partial charge in [0.15, 0.2) is 0 Å². The molecule has 0 fully saturated rings. The van der Waals surface area contributed by atoms with Crippen molar-refractivity contribution in [2.45, 2.75) is 0 Å². The number of rotatable bonds is 4. The van der Waals surface area contributed by atoms with Crippen molar-refractivity contribution < 1.29 is 23.6 Å². The molecule has 1 aromatic heterocycles. The Hall–Kier alpha value is -4.07. The smallest absolute Gasteiger partial charge is 0.363 e. The molecular formula is C20H14FN3O4. The Labute approximate surface area is 159 Å². The van der Waals surface area contributed by atoms with E-state index in [1.54, 1.807) is 18.2 Å². The van der Waals surface area contributed by atoms with Gasteiger partial charge in [-0.25, -0.2) is 9.78 Å². The van der Waals surface area contributed by atoms with Crippen LogP contribution in [0.3, 0.4) is 0 Å². The molecule has 7 nitrogen and oxygen atoms in total. The highest BCUT2D eigenvalue weighted by Crippen LogP contribution is 2.21. The third-order valence-corrected chi connectivity index (χ3v) is 3.71. The van der Waals surface area contributed by atoms with Crippen LogP contribution >= 0.6 is 0 Å². The van der Waals surface area contributed by atoms with Gasteiger partial charge in [-0.05, 0) is 42.5 Å². The fourth-order valence-electron chi connectivity index (χ4n) is 2.33. The first-order valence-electron chi connectivity index (χ1n) is 8.09. The number of halogens is 1. The maximum absolute atomic E-state index is 13.1. The van der Waals surface area contributed by atoms with Gasteiger partial charge in [0, 0.05) is 11.8 Å². The lowest BCUT2D eigenvalue weighted by molar-refractivity contribution is 0.0409. The minimum absolute atomic E-state index is 0.0215. The SMILES string of the molecule is NC(=O)c1cccc(N(OC(=O)c2ccccc2)C(=O)c2ccc(F)nc2)c1. The molecule has 2 N–H and O–H groups in total. The summed E-state index contributed by atoms with van der Waals surface area (Å²) in [6.07, 6.45) is 1.01. The number of nitrogens with two attached hydrogens (primary N) is 1. The molecule has 3 rings (SSSR count). The van der Waals surface area contributed by atoms with E-state index in [2.05, 4.69) is 4.98 Å². The van der Waals surface area contributed by atoms with Gasteiger partial charge in [-0.3, -0.25) is 9.59 Å². The Balaban J connectivity index is 1.99. The average molecular weight is 379 g/mol. The lowest BCUT2D eigenvalue weighted by Gasteiger charge is -2.21. The summed E-state index contributed by atoms with van der Waals surface area (Å²) in [5.41, 5.74) is 5.67. The number of amides is 2. The summed E-state index contributed by atoms with van der Waals surface area (Å²) >= 11 is 0. The van der Waals surface area contributed by atoms with Gasteiger partial charge < -0.3 is 10.6 Å². The van der Waals surface area contributed by atoms with Crippen LogP contribution in [0.15, 0.2) is 72.9 Å². The number of carbonyl (C=O) groups excluding carboxylic acids is 3. The lowest BCUT2D eigenvalue weighted by Crippen LogP contribution is -2.34. The number of hydroxylamine groups is 1. The molecule has 0 spiro atoms. The van der Waals surface area contributed by atoms with Crippen molar-refractivity contribution in [1.82, 2.24) is 4.98 Å². The number of aromatic nitrogens is 1. The zero-order valence-corrected chi connectivity index (χ0v) is 14.4. The Morgan fingerprint density at radius 1 is 0.893 bits per heavy atom. The molecule has 140 valence electrons. The molecular weight excluding hydrogens is 365 g/mol. The second-order valence-electron chi connectivity index (χ2n) is 5.63. The number of pyridine rings is 1. The van der Waals surface area contributed by atoms with Crippen LogP contribution in [0.25, 0.3) is 0 Å². The third-order valence-electron chi connectivity index (χ3n) is 3.71. The average Bonchev–Trinajstić information content (AvgIpc) is 2.72. The first-order chi connectivity index (χ1) is 13.5. The highest BCUT2D eigenvalue weighted by molar-refractivity contribution is 6.07. The molecule has 1 heterocycles. The predicted octanol–water partition coefficient (Wildman–Crippen LogP) is 2.74. The third kappa shape index (κ3) is 4.18. The van der Waals surface area contributed by atoms with Gasteiger partial charge in [0.25, 0.3) is 5.91 Å². The minimum Gasteiger partial charge on any atom is -0.366 e. The maximum Gasteiger partial charge on any atom is 0.363 e. The van der Waals surface area contributed by atoms with Crippen LogP contribution in [0.4, 0.5) is 10.1 Å². The van der Waals surface area contributed by atoms with Gasteiger partial charge in [-0.2, -0.15) is 4.39 Å². The Kier molecular flexibility index (Phi) is 5.40. The molecule has 0 saturated heterocycles. The van der Waals surface area contributed by atoms with E-state index in [0.717, 1.165) is 12.3 Å². The zero-order valence-electron chi connectivity index (χ0n) is 14.4. The van der Waals surface area contributed by atoms with Crippen LogP contribution in [-0.4, -0.2) is 22.8 Å². The van der Waals surface area contributed by atoms with Gasteiger partial charge >= 0.3 is 5.97 Å². The Morgan fingerprint density at radius 2 is 1.61 bits per heavy atom. The van der Waals surface area contributed by atoms with Gasteiger partial charge in [-0.15, -0.1) is 5.06 Å². The summed E-state index contributed by atoms with van der Waals surface area (Å²) in [4.78, 5) is 45.5.